The van der Waals surface area contributed by atoms with Crippen LogP contribution in [0.5, 0.6) is 5.75 Å². The Morgan fingerprint density at radius 2 is 0.919 bits per heavy atom. The minimum Gasteiger partial charge on any atom is -0.507 e. The molecule has 0 aliphatic rings. The third-order valence-electron chi connectivity index (χ3n) is 6.59. The van der Waals surface area contributed by atoms with E-state index in [4.69, 9.17) is 46.4 Å². The highest BCUT2D eigenvalue weighted by molar-refractivity contribution is 6.33. The standard InChI is InChI=1S/C32H18Cl4O/c33-23-7-1-18(2-8-23)22-13-20-5-11-25(35)16-27(20)30(15-22)31-28-17-26(36)12-6-21(28)14-29(32(31)37)19-3-9-24(34)10-4-19/h1-17,37H. The van der Waals surface area contributed by atoms with Gasteiger partial charge >= 0.3 is 0 Å². The van der Waals surface area contributed by atoms with Gasteiger partial charge in [0, 0.05) is 31.2 Å². The summed E-state index contributed by atoms with van der Waals surface area (Å²) in [5.74, 6) is 0.159. The van der Waals surface area contributed by atoms with Crippen molar-refractivity contribution >= 4 is 67.9 Å². The van der Waals surface area contributed by atoms with Crippen LogP contribution in [0.25, 0.3) is 54.9 Å². The average molecular weight is 560 g/mol. The molecule has 0 saturated heterocycles. The van der Waals surface area contributed by atoms with Crippen LogP contribution in [-0.2, 0) is 0 Å². The first-order valence-electron chi connectivity index (χ1n) is 11.6. The summed E-state index contributed by atoms with van der Waals surface area (Å²) in [6, 6.07) is 32.9. The molecular weight excluding hydrogens is 542 g/mol. The Hall–Kier alpha value is -3.20. The summed E-state index contributed by atoms with van der Waals surface area (Å²) in [6.45, 7) is 0. The summed E-state index contributed by atoms with van der Waals surface area (Å²) in [5, 5.41) is 18.1. The third-order valence-corrected chi connectivity index (χ3v) is 7.57. The van der Waals surface area contributed by atoms with Crippen LogP contribution >= 0.6 is 46.4 Å². The van der Waals surface area contributed by atoms with E-state index in [1.807, 2.05) is 91.0 Å². The highest BCUT2D eigenvalue weighted by Gasteiger charge is 2.19. The summed E-state index contributed by atoms with van der Waals surface area (Å²) in [6.07, 6.45) is 0. The van der Waals surface area contributed by atoms with Gasteiger partial charge in [0.05, 0.1) is 0 Å². The van der Waals surface area contributed by atoms with E-state index in [1.165, 1.54) is 0 Å². The lowest BCUT2D eigenvalue weighted by molar-refractivity contribution is 0.480. The second-order valence-corrected chi connectivity index (χ2v) is 10.7. The first kappa shape index (κ1) is 24.2. The Balaban J connectivity index is 1.74. The SMILES string of the molecule is Oc1c(-c2ccc(Cl)cc2)cc2ccc(Cl)cc2c1-c1cc(-c2ccc(Cl)cc2)cc2ccc(Cl)cc12. The number of fused-ring (bicyclic) bond motifs is 2. The molecule has 0 bridgehead atoms. The van der Waals surface area contributed by atoms with E-state index in [0.717, 1.165) is 43.8 Å². The lowest BCUT2D eigenvalue weighted by Crippen LogP contribution is -1.91. The molecule has 0 aromatic heterocycles. The zero-order valence-corrected chi connectivity index (χ0v) is 22.3. The van der Waals surface area contributed by atoms with E-state index in [9.17, 15) is 5.11 Å². The molecule has 0 amide bonds. The van der Waals surface area contributed by atoms with Gasteiger partial charge in [0.15, 0.2) is 0 Å². The van der Waals surface area contributed by atoms with E-state index >= 15 is 0 Å². The van der Waals surface area contributed by atoms with Crippen LogP contribution in [0.1, 0.15) is 0 Å². The van der Waals surface area contributed by atoms with Gasteiger partial charge in [0.25, 0.3) is 0 Å². The molecule has 0 radical (unpaired) electrons. The fraction of sp³-hybridized carbons (Fsp3) is 0. The van der Waals surface area contributed by atoms with Gasteiger partial charge in [0.1, 0.15) is 5.75 Å². The predicted octanol–water partition coefficient (Wildman–Crippen LogP) is 11.3. The van der Waals surface area contributed by atoms with Crippen molar-refractivity contribution in [2.24, 2.45) is 0 Å². The Bertz CT molecular complexity index is 1810. The molecular formula is C32H18Cl4O. The number of phenolic OH excluding ortho intramolecular Hbond substituents is 1. The quantitative estimate of drug-likeness (QED) is 0.228. The van der Waals surface area contributed by atoms with Crippen molar-refractivity contribution in [2.75, 3.05) is 0 Å². The number of benzene rings is 6. The molecule has 0 fully saturated rings. The highest BCUT2D eigenvalue weighted by atomic mass is 35.5. The minimum atomic E-state index is 0.159. The Kier molecular flexibility index (Phi) is 6.26. The monoisotopic (exact) mass is 558 g/mol. The van der Waals surface area contributed by atoms with Gasteiger partial charge in [-0.05, 0) is 111 Å². The Morgan fingerprint density at radius 1 is 0.405 bits per heavy atom. The first-order chi connectivity index (χ1) is 17.9. The van der Waals surface area contributed by atoms with E-state index in [0.29, 0.717) is 31.2 Å². The van der Waals surface area contributed by atoms with Gasteiger partial charge in [-0.3, -0.25) is 0 Å². The maximum atomic E-state index is 11.9. The van der Waals surface area contributed by atoms with E-state index in [2.05, 4.69) is 12.1 Å². The number of rotatable bonds is 3. The first-order valence-corrected chi connectivity index (χ1v) is 13.1. The van der Waals surface area contributed by atoms with Crippen molar-refractivity contribution in [3.05, 3.63) is 123 Å². The number of halogens is 4. The molecule has 0 unspecified atom stereocenters. The summed E-state index contributed by atoms with van der Waals surface area (Å²) in [7, 11) is 0. The fourth-order valence-electron chi connectivity index (χ4n) is 4.83. The van der Waals surface area contributed by atoms with Gasteiger partial charge < -0.3 is 5.11 Å². The summed E-state index contributed by atoms with van der Waals surface area (Å²) >= 11 is 25.2. The molecule has 5 heteroatoms. The van der Waals surface area contributed by atoms with Crippen molar-refractivity contribution in [3.8, 4) is 39.1 Å². The van der Waals surface area contributed by atoms with E-state index in [-0.39, 0.29) is 5.75 Å². The maximum Gasteiger partial charge on any atom is 0.131 e. The van der Waals surface area contributed by atoms with Crippen LogP contribution in [0.3, 0.4) is 0 Å². The van der Waals surface area contributed by atoms with Gasteiger partial charge in [-0.15, -0.1) is 0 Å². The summed E-state index contributed by atoms with van der Waals surface area (Å²) in [5.41, 5.74) is 5.11. The van der Waals surface area contributed by atoms with Gasteiger partial charge in [-0.1, -0.05) is 82.8 Å². The van der Waals surface area contributed by atoms with E-state index in [1.54, 1.807) is 0 Å². The van der Waals surface area contributed by atoms with Crippen LogP contribution in [0.2, 0.25) is 20.1 Å². The molecule has 0 saturated carbocycles. The highest BCUT2D eigenvalue weighted by Crippen LogP contribution is 2.47. The molecule has 6 aromatic carbocycles. The molecule has 1 N–H and O–H groups in total. The maximum absolute atomic E-state index is 11.9. The Labute approximate surface area is 234 Å². The lowest BCUT2D eigenvalue weighted by Gasteiger charge is -2.18. The molecule has 37 heavy (non-hydrogen) atoms. The molecule has 0 aliphatic carbocycles. The summed E-state index contributed by atoms with van der Waals surface area (Å²) in [4.78, 5) is 0. The fourth-order valence-corrected chi connectivity index (χ4v) is 5.42. The number of hydrogen-bond acceptors (Lipinski definition) is 1. The lowest BCUT2D eigenvalue weighted by atomic mass is 9.87. The number of hydrogen-bond donors (Lipinski definition) is 1. The molecule has 6 rings (SSSR count). The van der Waals surface area contributed by atoms with Crippen molar-refractivity contribution in [3.63, 3.8) is 0 Å². The van der Waals surface area contributed by atoms with E-state index < -0.39 is 0 Å². The zero-order valence-electron chi connectivity index (χ0n) is 19.3. The van der Waals surface area contributed by atoms with Crippen molar-refractivity contribution in [1.82, 2.24) is 0 Å². The molecule has 0 spiro atoms. The van der Waals surface area contributed by atoms with Crippen molar-refractivity contribution < 1.29 is 5.11 Å². The summed E-state index contributed by atoms with van der Waals surface area (Å²) < 4.78 is 0. The molecule has 6 aromatic rings. The molecule has 0 atom stereocenters. The number of phenols is 1. The topological polar surface area (TPSA) is 20.2 Å². The van der Waals surface area contributed by atoms with Gasteiger partial charge in [-0.2, -0.15) is 0 Å². The van der Waals surface area contributed by atoms with Gasteiger partial charge in [0.2, 0.25) is 0 Å². The molecule has 0 aliphatic heterocycles. The zero-order chi connectivity index (χ0) is 25.7. The predicted molar refractivity (Wildman–Crippen MR) is 159 cm³/mol. The molecule has 180 valence electrons. The normalized spacial score (nSPS) is 11.4. The average Bonchev–Trinajstić information content (AvgIpc) is 2.89. The van der Waals surface area contributed by atoms with Crippen LogP contribution < -0.4 is 0 Å². The smallest absolute Gasteiger partial charge is 0.131 e. The largest absolute Gasteiger partial charge is 0.507 e. The molecule has 0 heterocycles. The Morgan fingerprint density at radius 3 is 1.54 bits per heavy atom. The van der Waals surface area contributed by atoms with Crippen LogP contribution in [0.4, 0.5) is 0 Å². The number of aromatic hydroxyl groups is 1. The van der Waals surface area contributed by atoms with Crippen LogP contribution in [-0.4, -0.2) is 5.11 Å². The van der Waals surface area contributed by atoms with Crippen molar-refractivity contribution in [2.45, 2.75) is 0 Å². The van der Waals surface area contributed by atoms with Gasteiger partial charge in [-0.25, -0.2) is 0 Å². The second-order valence-electron chi connectivity index (χ2n) is 8.92. The second kappa shape index (κ2) is 9.59. The van der Waals surface area contributed by atoms with Crippen molar-refractivity contribution in [1.29, 1.82) is 0 Å². The molecule has 1 nitrogen and oxygen atoms in total. The minimum absolute atomic E-state index is 0.159. The third kappa shape index (κ3) is 4.54. The van der Waals surface area contributed by atoms with Crippen LogP contribution in [0, 0.1) is 0 Å². The van der Waals surface area contributed by atoms with Crippen LogP contribution in [0.15, 0.2) is 103 Å².